The molecule has 0 aromatic heterocycles. The fraction of sp³-hybridized carbons (Fsp3) is 0.278. The monoisotopic (exact) mass is 442 g/mol. The fourth-order valence-corrected chi connectivity index (χ4v) is 5.98. The van der Waals surface area contributed by atoms with E-state index in [2.05, 4.69) is 4.72 Å². The number of benzene rings is 2. The van der Waals surface area contributed by atoms with E-state index in [4.69, 9.17) is 4.74 Å². The summed E-state index contributed by atoms with van der Waals surface area (Å²) in [7, 11) is -8.19. The molecule has 1 saturated heterocycles. The molecule has 3 rings (SSSR count). The molecular formula is C18H19FN2O6S2. The van der Waals surface area contributed by atoms with Crippen LogP contribution in [0, 0.1) is 11.7 Å². The molecule has 2 aromatic rings. The van der Waals surface area contributed by atoms with Crippen molar-refractivity contribution in [2.45, 2.75) is 18.7 Å². The third-order valence-corrected chi connectivity index (χ3v) is 7.46. The Kier molecular flexibility index (Phi) is 5.54. The number of nitrogens with zero attached hydrogens (tertiary/aromatic N) is 1. The SMILES string of the molecule is CCOc1ccc(N2C(=O)C(C)CS2(=O)=O)cc1S(=O)(=O)Nc1cccc(F)c1. The summed E-state index contributed by atoms with van der Waals surface area (Å²) in [4.78, 5) is 12.0. The summed E-state index contributed by atoms with van der Waals surface area (Å²) in [5, 5.41) is 0. The molecule has 0 saturated carbocycles. The molecule has 1 amide bonds. The summed E-state index contributed by atoms with van der Waals surface area (Å²) in [5.41, 5.74) is -0.126. The van der Waals surface area contributed by atoms with Crippen molar-refractivity contribution in [3.8, 4) is 5.75 Å². The number of hydrogen-bond donors (Lipinski definition) is 1. The molecule has 8 nitrogen and oxygen atoms in total. The van der Waals surface area contributed by atoms with Crippen LogP contribution in [0.1, 0.15) is 13.8 Å². The quantitative estimate of drug-likeness (QED) is 0.735. The van der Waals surface area contributed by atoms with Crippen LogP contribution in [0.15, 0.2) is 47.4 Å². The third kappa shape index (κ3) is 4.20. The Morgan fingerprint density at radius 1 is 1.24 bits per heavy atom. The second-order valence-corrected chi connectivity index (χ2v) is 9.98. The smallest absolute Gasteiger partial charge is 0.265 e. The average Bonchev–Trinajstić information content (AvgIpc) is 2.82. The first-order valence-electron chi connectivity index (χ1n) is 8.67. The lowest BCUT2D eigenvalue weighted by Gasteiger charge is -2.19. The first-order valence-corrected chi connectivity index (χ1v) is 11.8. The van der Waals surface area contributed by atoms with E-state index in [9.17, 15) is 26.0 Å². The summed E-state index contributed by atoms with van der Waals surface area (Å²) in [6.45, 7) is 3.29. The zero-order valence-corrected chi connectivity index (χ0v) is 17.3. The van der Waals surface area contributed by atoms with Gasteiger partial charge >= 0.3 is 0 Å². The number of ether oxygens (including phenoxy) is 1. The molecule has 2 aromatic carbocycles. The van der Waals surface area contributed by atoms with Crippen molar-refractivity contribution in [3.63, 3.8) is 0 Å². The van der Waals surface area contributed by atoms with Gasteiger partial charge in [0.25, 0.3) is 10.0 Å². The Morgan fingerprint density at radius 3 is 2.55 bits per heavy atom. The average molecular weight is 442 g/mol. The third-order valence-electron chi connectivity index (χ3n) is 4.19. The van der Waals surface area contributed by atoms with Crippen molar-refractivity contribution in [2.24, 2.45) is 5.92 Å². The Morgan fingerprint density at radius 2 is 1.97 bits per heavy atom. The van der Waals surface area contributed by atoms with Gasteiger partial charge in [0.1, 0.15) is 16.5 Å². The highest BCUT2D eigenvalue weighted by atomic mass is 32.2. The van der Waals surface area contributed by atoms with Gasteiger partial charge in [-0.15, -0.1) is 0 Å². The number of carbonyl (C=O) groups is 1. The second kappa shape index (κ2) is 7.64. The zero-order valence-electron chi connectivity index (χ0n) is 15.6. The van der Waals surface area contributed by atoms with Crippen LogP contribution in [0.25, 0.3) is 0 Å². The van der Waals surface area contributed by atoms with Crippen LogP contribution in [0.4, 0.5) is 15.8 Å². The van der Waals surface area contributed by atoms with Crippen molar-refractivity contribution >= 4 is 37.3 Å². The van der Waals surface area contributed by atoms with Crippen LogP contribution in [0.5, 0.6) is 5.75 Å². The number of amides is 1. The lowest BCUT2D eigenvalue weighted by atomic mass is 10.2. The van der Waals surface area contributed by atoms with Gasteiger partial charge in [-0.2, -0.15) is 0 Å². The van der Waals surface area contributed by atoms with E-state index in [1.54, 1.807) is 6.92 Å². The number of anilines is 2. The van der Waals surface area contributed by atoms with Crippen LogP contribution < -0.4 is 13.8 Å². The summed E-state index contributed by atoms with van der Waals surface area (Å²) in [6.07, 6.45) is 0. The normalized spacial score (nSPS) is 18.7. The molecule has 1 fully saturated rings. The minimum Gasteiger partial charge on any atom is -0.492 e. The molecule has 29 heavy (non-hydrogen) atoms. The maximum absolute atomic E-state index is 13.4. The van der Waals surface area contributed by atoms with Crippen LogP contribution in [0.3, 0.4) is 0 Å². The highest BCUT2D eigenvalue weighted by Crippen LogP contribution is 2.34. The van der Waals surface area contributed by atoms with Crippen molar-refractivity contribution in [1.82, 2.24) is 0 Å². The maximum atomic E-state index is 13.4. The predicted molar refractivity (Wildman–Crippen MR) is 105 cm³/mol. The number of rotatable bonds is 6. The van der Waals surface area contributed by atoms with Gasteiger partial charge in [0.15, 0.2) is 0 Å². The first-order chi connectivity index (χ1) is 13.5. The Labute approximate surface area is 168 Å². The fourth-order valence-electron chi connectivity index (χ4n) is 2.96. The van der Waals surface area contributed by atoms with Gasteiger partial charge in [0.2, 0.25) is 15.9 Å². The molecule has 0 aliphatic carbocycles. The number of hydrogen-bond acceptors (Lipinski definition) is 6. The largest absolute Gasteiger partial charge is 0.492 e. The zero-order chi connectivity index (χ0) is 21.4. The van der Waals surface area contributed by atoms with Gasteiger partial charge in [0, 0.05) is 0 Å². The topological polar surface area (TPSA) is 110 Å². The van der Waals surface area contributed by atoms with Crippen LogP contribution in [-0.4, -0.2) is 35.1 Å². The summed E-state index contributed by atoms with van der Waals surface area (Å²) < 4.78 is 72.1. The van der Waals surface area contributed by atoms with Crippen molar-refractivity contribution in [1.29, 1.82) is 0 Å². The van der Waals surface area contributed by atoms with Gasteiger partial charge in [0.05, 0.1) is 29.7 Å². The van der Waals surface area contributed by atoms with E-state index in [-0.39, 0.29) is 34.4 Å². The minimum atomic E-state index is -4.28. The van der Waals surface area contributed by atoms with E-state index in [0.29, 0.717) is 4.31 Å². The maximum Gasteiger partial charge on any atom is 0.265 e. The molecule has 1 heterocycles. The molecule has 0 spiro atoms. The minimum absolute atomic E-state index is 0.0173. The van der Waals surface area contributed by atoms with E-state index in [0.717, 1.165) is 18.2 Å². The van der Waals surface area contributed by atoms with Crippen molar-refractivity contribution in [2.75, 3.05) is 21.4 Å². The Bertz CT molecular complexity index is 1160. The summed E-state index contributed by atoms with van der Waals surface area (Å²) in [6, 6.07) is 8.50. The van der Waals surface area contributed by atoms with E-state index in [1.807, 2.05) is 0 Å². The highest BCUT2D eigenvalue weighted by Gasteiger charge is 2.42. The van der Waals surface area contributed by atoms with Crippen LogP contribution in [-0.2, 0) is 24.8 Å². The van der Waals surface area contributed by atoms with Gasteiger partial charge in [-0.1, -0.05) is 13.0 Å². The number of carbonyl (C=O) groups excluding carboxylic acids is 1. The second-order valence-electron chi connectivity index (χ2n) is 6.46. The van der Waals surface area contributed by atoms with E-state index >= 15 is 0 Å². The molecule has 1 atom stereocenters. The number of nitrogens with one attached hydrogen (secondary N) is 1. The Balaban J connectivity index is 2.09. The lowest BCUT2D eigenvalue weighted by molar-refractivity contribution is -0.119. The predicted octanol–water partition coefficient (Wildman–Crippen LogP) is 2.34. The molecule has 11 heteroatoms. The van der Waals surface area contributed by atoms with Gasteiger partial charge in [-0.05, 0) is 43.3 Å². The molecule has 1 aliphatic heterocycles. The van der Waals surface area contributed by atoms with Gasteiger partial charge in [-0.3, -0.25) is 9.52 Å². The summed E-state index contributed by atoms with van der Waals surface area (Å²) >= 11 is 0. The summed E-state index contributed by atoms with van der Waals surface area (Å²) in [5.74, 6) is -2.40. The number of halogens is 1. The van der Waals surface area contributed by atoms with Crippen LogP contribution >= 0.6 is 0 Å². The van der Waals surface area contributed by atoms with E-state index in [1.165, 1.54) is 31.2 Å². The number of sulfonamides is 2. The molecule has 0 bridgehead atoms. The van der Waals surface area contributed by atoms with Crippen LogP contribution in [0.2, 0.25) is 0 Å². The molecular weight excluding hydrogens is 423 g/mol. The van der Waals surface area contributed by atoms with Gasteiger partial charge in [-0.25, -0.2) is 25.5 Å². The molecule has 0 radical (unpaired) electrons. The molecule has 1 aliphatic rings. The first kappa shape index (κ1) is 21.1. The van der Waals surface area contributed by atoms with Crippen molar-refractivity contribution in [3.05, 3.63) is 48.3 Å². The Hall–Kier alpha value is -2.66. The van der Waals surface area contributed by atoms with Gasteiger partial charge < -0.3 is 4.74 Å². The molecule has 1 unspecified atom stereocenters. The molecule has 1 N–H and O–H groups in total. The molecule has 156 valence electrons. The lowest BCUT2D eigenvalue weighted by Crippen LogP contribution is -2.30. The highest BCUT2D eigenvalue weighted by molar-refractivity contribution is 7.94. The standard InChI is InChI=1S/C18H19FN2O6S2/c1-3-27-16-8-7-15(21-18(22)12(2)11-28(21,23)24)10-17(16)29(25,26)20-14-6-4-5-13(19)9-14/h4-10,12,20H,3,11H2,1-2H3. The van der Waals surface area contributed by atoms with E-state index < -0.39 is 37.7 Å². The van der Waals surface area contributed by atoms with Crippen molar-refractivity contribution < 1.29 is 30.8 Å².